The summed E-state index contributed by atoms with van der Waals surface area (Å²) in [5, 5.41) is 7.69. The van der Waals surface area contributed by atoms with Crippen LogP contribution in [0.3, 0.4) is 0 Å². The first-order valence-electron chi connectivity index (χ1n) is 7.68. The molecule has 0 saturated carbocycles. The minimum Gasteiger partial charge on any atom is -0.493 e. The average molecular weight is 381 g/mol. The van der Waals surface area contributed by atoms with Gasteiger partial charge in [-0.3, -0.25) is 0 Å². The summed E-state index contributed by atoms with van der Waals surface area (Å²) in [6, 6.07) is 6.14. The molecule has 0 aliphatic carbocycles. The zero-order valence-corrected chi connectivity index (χ0v) is 14.3. The first kappa shape index (κ1) is 18.5. The molecular formula is C17H14F3N3O4. The van der Waals surface area contributed by atoms with Crippen molar-refractivity contribution in [2.75, 3.05) is 7.11 Å². The lowest BCUT2D eigenvalue weighted by Crippen LogP contribution is -2.09. The highest BCUT2D eigenvalue weighted by Gasteiger charge is 2.31. The van der Waals surface area contributed by atoms with E-state index in [-0.39, 0.29) is 23.7 Å². The standard InChI is InChI=1S/C17H14F3N3O4/c1-10-6-12(22-27-10)9-26-16(24)15-14(25-2)8-23(21-15)13-5-3-4-11(7-13)17(18,19)20/h3-8H,9H2,1-2H3. The molecule has 0 spiro atoms. The molecule has 0 amide bonds. The molecule has 27 heavy (non-hydrogen) atoms. The van der Waals surface area contributed by atoms with Crippen molar-refractivity contribution in [2.45, 2.75) is 19.7 Å². The summed E-state index contributed by atoms with van der Waals surface area (Å²) in [7, 11) is 1.31. The van der Waals surface area contributed by atoms with Crippen LogP contribution < -0.4 is 4.74 Å². The summed E-state index contributed by atoms with van der Waals surface area (Å²) in [5.74, 6) is -0.181. The van der Waals surface area contributed by atoms with Crippen LogP contribution in [0.2, 0.25) is 0 Å². The first-order chi connectivity index (χ1) is 12.8. The second-order valence-electron chi connectivity index (χ2n) is 5.54. The van der Waals surface area contributed by atoms with E-state index < -0.39 is 17.7 Å². The lowest BCUT2D eigenvalue weighted by Gasteiger charge is -2.08. The SMILES string of the molecule is COc1cn(-c2cccc(C(F)(F)F)c2)nc1C(=O)OCc1cc(C)on1. The molecular weight excluding hydrogens is 367 g/mol. The van der Waals surface area contributed by atoms with Gasteiger partial charge in [0.15, 0.2) is 5.75 Å². The lowest BCUT2D eigenvalue weighted by atomic mass is 10.2. The number of hydrogen-bond donors (Lipinski definition) is 0. The highest BCUT2D eigenvalue weighted by atomic mass is 19.4. The van der Waals surface area contributed by atoms with E-state index in [0.29, 0.717) is 11.5 Å². The van der Waals surface area contributed by atoms with Crippen LogP contribution >= 0.6 is 0 Å². The highest BCUT2D eigenvalue weighted by Crippen LogP contribution is 2.30. The molecule has 0 aliphatic heterocycles. The number of hydrogen-bond acceptors (Lipinski definition) is 6. The summed E-state index contributed by atoms with van der Waals surface area (Å²) in [4.78, 5) is 12.3. The van der Waals surface area contributed by atoms with E-state index in [0.717, 1.165) is 16.8 Å². The van der Waals surface area contributed by atoms with Crippen LogP contribution in [-0.4, -0.2) is 28.0 Å². The molecule has 0 aliphatic rings. The summed E-state index contributed by atoms with van der Waals surface area (Å²) in [6.45, 7) is 1.55. The molecule has 3 aromatic rings. The Morgan fingerprint density at radius 1 is 1.30 bits per heavy atom. The van der Waals surface area contributed by atoms with E-state index in [1.807, 2.05) is 0 Å². The predicted molar refractivity (Wildman–Crippen MR) is 85.5 cm³/mol. The van der Waals surface area contributed by atoms with E-state index in [2.05, 4.69) is 10.3 Å². The Bertz CT molecular complexity index is 962. The maximum Gasteiger partial charge on any atom is 0.416 e. The summed E-state index contributed by atoms with van der Waals surface area (Å²) >= 11 is 0. The van der Waals surface area contributed by atoms with Gasteiger partial charge in [0.2, 0.25) is 5.69 Å². The molecule has 0 unspecified atom stereocenters. The third-order valence-electron chi connectivity index (χ3n) is 3.56. The van der Waals surface area contributed by atoms with Gasteiger partial charge in [-0.2, -0.15) is 18.3 Å². The number of halogens is 3. The van der Waals surface area contributed by atoms with Crippen LogP contribution in [0.5, 0.6) is 5.75 Å². The van der Waals surface area contributed by atoms with Gasteiger partial charge in [0.25, 0.3) is 0 Å². The number of aryl methyl sites for hydroxylation is 1. The lowest BCUT2D eigenvalue weighted by molar-refractivity contribution is -0.137. The minimum atomic E-state index is -4.50. The minimum absolute atomic E-state index is 0.0637. The number of carbonyl (C=O) groups is 1. The molecule has 0 N–H and O–H groups in total. The number of carbonyl (C=O) groups excluding carboxylic acids is 1. The topological polar surface area (TPSA) is 79.4 Å². The number of ether oxygens (including phenoxy) is 2. The van der Waals surface area contributed by atoms with E-state index in [4.69, 9.17) is 14.0 Å². The van der Waals surface area contributed by atoms with E-state index in [1.54, 1.807) is 13.0 Å². The molecule has 3 rings (SSSR count). The van der Waals surface area contributed by atoms with Crippen LogP contribution in [0.15, 0.2) is 41.1 Å². The van der Waals surface area contributed by atoms with Gasteiger partial charge < -0.3 is 14.0 Å². The van der Waals surface area contributed by atoms with Crippen molar-refractivity contribution in [2.24, 2.45) is 0 Å². The van der Waals surface area contributed by atoms with Crippen molar-refractivity contribution in [1.82, 2.24) is 14.9 Å². The molecule has 2 aromatic heterocycles. The van der Waals surface area contributed by atoms with Crippen LogP contribution in [0, 0.1) is 6.92 Å². The fraction of sp³-hybridized carbons (Fsp3) is 0.235. The number of nitrogens with zero attached hydrogens (tertiary/aromatic N) is 3. The Balaban J connectivity index is 1.84. The second kappa shape index (κ2) is 7.14. The van der Waals surface area contributed by atoms with Gasteiger partial charge >= 0.3 is 12.1 Å². The van der Waals surface area contributed by atoms with Crippen LogP contribution in [0.4, 0.5) is 13.2 Å². The van der Waals surface area contributed by atoms with Crippen molar-refractivity contribution in [3.63, 3.8) is 0 Å². The van der Waals surface area contributed by atoms with Gasteiger partial charge in [0.1, 0.15) is 18.1 Å². The van der Waals surface area contributed by atoms with Crippen molar-refractivity contribution in [1.29, 1.82) is 0 Å². The van der Waals surface area contributed by atoms with Crippen molar-refractivity contribution in [3.05, 3.63) is 59.2 Å². The number of methoxy groups -OCH3 is 1. The van der Waals surface area contributed by atoms with Gasteiger partial charge in [-0.05, 0) is 25.1 Å². The second-order valence-corrected chi connectivity index (χ2v) is 5.54. The van der Waals surface area contributed by atoms with Crippen molar-refractivity contribution >= 4 is 5.97 Å². The third kappa shape index (κ3) is 4.10. The van der Waals surface area contributed by atoms with E-state index in [9.17, 15) is 18.0 Å². The Labute approximate surface area is 151 Å². The van der Waals surface area contributed by atoms with E-state index >= 15 is 0 Å². The quantitative estimate of drug-likeness (QED) is 0.629. The molecule has 0 saturated heterocycles. The molecule has 2 heterocycles. The molecule has 0 fully saturated rings. The monoisotopic (exact) mass is 381 g/mol. The van der Waals surface area contributed by atoms with Gasteiger partial charge in [0.05, 0.1) is 24.6 Å². The number of esters is 1. The third-order valence-corrected chi connectivity index (χ3v) is 3.56. The summed E-state index contributed by atoms with van der Waals surface area (Å²) in [6.07, 6.45) is -3.20. The van der Waals surface area contributed by atoms with E-state index in [1.165, 1.54) is 25.4 Å². The Hall–Kier alpha value is -3.30. The zero-order valence-electron chi connectivity index (χ0n) is 14.3. The predicted octanol–water partition coefficient (Wildman–Crippen LogP) is 3.55. The Kier molecular flexibility index (Phi) is 4.89. The van der Waals surface area contributed by atoms with Crippen LogP contribution in [0.1, 0.15) is 27.5 Å². The van der Waals surface area contributed by atoms with Crippen LogP contribution in [0.25, 0.3) is 5.69 Å². The maximum atomic E-state index is 12.9. The zero-order chi connectivity index (χ0) is 19.6. The fourth-order valence-corrected chi connectivity index (χ4v) is 2.30. The normalized spacial score (nSPS) is 11.4. The molecule has 142 valence electrons. The smallest absolute Gasteiger partial charge is 0.416 e. The summed E-state index contributed by atoms with van der Waals surface area (Å²) < 4.78 is 54.8. The molecule has 7 nitrogen and oxygen atoms in total. The number of aromatic nitrogens is 3. The Morgan fingerprint density at radius 3 is 2.70 bits per heavy atom. The Morgan fingerprint density at radius 2 is 2.07 bits per heavy atom. The fourth-order valence-electron chi connectivity index (χ4n) is 2.30. The number of alkyl halides is 3. The van der Waals surface area contributed by atoms with Gasteiger partial charge in [0, 0.05) is 6.07 Å². The largest absolute Gasteiger partial charge is 0.493 e. The molecule has 0 radical (unpaired) electrons. The molecule has 0 bridgehead atoms. The molecule has 0 atom stereocenters. The number of rotatable bonds is 5. The van der Waals surface area contributed by atoms with Gasteiger partial charge in [-0.25, -0.2) is 9.48 Å². The average Bonchev–Trinajstić information content (AvgIpc) is 3.25. The first-order valence-corrected chi connectivity index (χ1v) is 7.68. The van der Waals surface area contributed by atoms with Crippen molar-refractivity contribution < 1.29 is 32.0 Å². The van der Waals surface area contributed by atoms with Crippen LogP contribution in [-0.2, 0) is 17.5 Å². The molecule has 1 aromatic carbocycles. The van der Waals surface area contributed by atoms with Gasteiger partial charge in [-0.1, -0.05) is 11.2 Å². The molecule has 10 heteroatoms. The summed E-state index contributed by atoms with van der Waals surface area (Å²) in [5.41, 5.74) is -0.471. The van der Waals surface area contributed by atoms with Crippen molar-refractivity contribution in [3.8, 4) is 11.4 Å². The maximum absolute atomic E-state index is 12.9. The number of benzene rings is 1. The highest BCUT2D eigenvalue weighted by molar-refractivity contribution is 5.90. The van der Waals surface area contributed by atoms with Gasteiger partial charge in [-0.15, -0.1) is 0 Å².